The predicted molar refractivity (Wildman–Crippen MR) is 212 cm³/mol. The Labute approximate surface area is 299 Å². The fourth-order valence-corrected chi connectivity index (χ4v) is 7.41. The van der Waals surface area contributed by atoms with Crippen molar-refractivity contribution >= 4 is 9.76 Å². The van der Waals surface area contributed by atoms with Gasteiger partial charge in [-0.15, -0.1) is 0 Å². The zero-order chi connectivity index (χ0) is 34.3. The van der Waals surface area contributed by atoms with E-state index in [9.17, 15) is 0 Å². The first kappa shape index (κ1) is 47.1. The van der Waals surface area contributed by atoms with Crippen LogP contribution in [-0.4, -0.2) is 41.9 Å². The molecule has 1 atom stereocenters. The minimum absolute atomic E-state index is 0.0132. The molecule has 0 radical (unpaired) electrons. The van der Waals surface area contributed by atoms with Crippen LogP contribution in [0.1, 0.15) is 227 Å². The van der Waals surface area contributed by atoms with Crippen molar-refractivity contribution in [2.24, 2.45) is 11.7 Å². The smallest absolute Gasteiger partial charge is 0.161 e. The normalized spacial score (nSPS) is 12.8. The van der Waals surface area contributed by atoms with Crippen LogP contribution < -0.4 is 5.73 Å². The third-order valence-electron chi connectivity index (χ3n) is 9.84. The van der Waals surface area contributed by atoms with E-state index in [4.69, 9.17) is 19.6 Å². The number of rotatable bonds is 41. The van der Waals surface area contributed by atoms with Crippen molar-refractivity contribution in [2.45, 2.75) is 245 Å². The molecule has 0 bridgehead atoms. The highest BCUT2D eigenvalue weighted by Gasteiger charge is 2.10. The largest absolute Gasteiger partial charge is 0.424 e. The summed E-state index contributed by atoms with van der Waals surface area (Å²) in [6, 6.07) is 1.62. The summed E-state index contributed by atoms with van der Waals surface area (Å²) in [5, 5.41) is 0. The molecule has 0 aromatic rings. The molecule has 0 aliphatic carbocycles. The number of ether oxygens (including phenoxy) is 2. The minimum atomic E-state index is -0.316. The van der Waals surface area contributed by atoms with Gasteiger partial charge in [-0.1, -0.05) is 188 Å². The van der Waals surface area contributed by atoms with Crippen molar-refractivity contribution in [3.63, 3.8) is 0 Å². The van der Waals surface area contributed by atoms with Crippen molar-refractivity contribution < 1.29 is 13.9 Å². The van der Waals surface area contributed by atoms with E-state index < -0.39 is 0 Å². The lowest BCUT2D eigenvalue weighted by atomic mass is 10.0. The van der Waals surface area contributed by atoms with Gasteiger partial charge in [-0.05, 0) is 50.5 Å². The van der Waals surface area contributed by atoms with Gasteiger partial charge >= 0.3 is 0 Å². The third kappa shape index (κ3) is 40.4. The van der Waals surface area contributed by atoms with Gasteiger partial charge in [-0.3, -0.25) is 0 Å². The molecule has 2 N–H and O–H groups in total. The monoisotopic (exact) mass is 684 g/mol. The summed E-state index contributed by atoms with van der Waals surface area (Å²) in [6.45, 7) is 11.8. The molecule has 0 aliphatic rings. The van der Waals surface area contributed by atoms with E-state index in [0.717, 1.165) is 45.0 Å². The highest BCUT2D eigenvalue weighted by atomic mass is 28.2. The Hall–Kier alpha value is 0.0569. The molecule has 47 heavy (non-hydrogen) atoms. The zero-order valence-corrected chi connectivity index (χ0v) is 34.4. The average Bonchev–Trinajstić information content (AvgIpc) is 3.06. The van der Waals surface area contributed by atoms with Crippen LogP contribution in [0.3, 0.4) is 0 Å². The van der Waals surface area contributed by atoms with E-state index in [0.29, 0.717) is 6.04 Å². The fourth-order valence-electron chi connectivity index (χ4n) is 6.40. The molecule has 0 saturated carbocycles. The molecular weight excluding hydrogens is 595 g/mol. The molecule has 0 aromatic carbocycles. The molecule has 0 aromatic heterocycles. The van der Waals surface area contributed by atoms with Gasteiger partial charge in [0.1, 0.15) is 0 Å². The third-order valence-corrected chi connectivity index (χ3v) is 11.8. The van der Waals surface area contributed by atoms with Crippen LogP contribution in [0.25, 0.3) is 0 Å². The second kappa shape index (κ2) is 40.5. The van der Waals surface area contributed by atoms with Crippen molar-refractivity contribution in [2.75, 3.05) is 19.8 Å². The molecule has 0 rings (SSSR count). The first-order chi connectivity index (χ1) is 23.1. The van der Waals surface area contributed by atoms with E-state index >= 15 is 0 Å². The molecule has 0 heterocycles. The maximum atomic E-state index is 6.31. The van der Waals surface area contributed by atoms with E-state index in [1.807, 2.05) is 0 Å². The predicted octanol–water partition coefficient (Wildman–Crippen LogP) is 13.0. The second-order valence-corrected chi connectivity index (χ2v) is 16.7. The zero-order valence-electron chi connectivity index (χ0n) is 33.0. The van der Waals surface area contributed by atoms with E-state index in [1.54, 1.807) is 0 Å². The van der Waals surface area contributed by atoms with Gasteiger partial charge in [0.15, 0.2) is 16.1 Å². The minimum Gasteiger partial charge on any atom is -0.424 e. The SMILES string of the molecule is CCCCCCCCCCCCOC(CCCCCCCCCCC(N)CCO[SiH2]CC(C)C)OCCCCCCCCCCCC. The number of hydrogen-bond acceptors (Lipinski definition) is 4. The molecule has 4 nitrogen and oxygen atoms in total. The van der Waals surface area contributed by atoms with Crippen molar-refractivity contribution in [1.29, 1.82) is 0 Å². The summed E-state index contributed by atoms with van der Waals surface area (Å²) in [5.74, 6) is 0.781. The summed E-state index contributed by atoms with van der Waals surface area (Å²) >= 11 is 0. The van der Waals surface area contributed by atoms with Crippen LogP contribution in [0, 0.1) is 5.92 Å². The average molecular weight is 684 g/mol. The molecule has 0 amide bonds. The van der Waals surface area contributed by atoms with Crippen LogP contribution in [0.15, 0.2) is 0 Å². The maximum Gasteiger partial charge on any atom is 0.161 e. The standard InChI is InChI=1S/C42H89NO3Si/c1-5-7-9-11-13-15-19-23-27-31-36-44-42(45-37-32-28-24-20-16-14-12-10-8-6-2)34-30-26-22-18-17-21-25-29-33-41(43)35-38-46-47-39-40(3)4/h40-42H,5-39,43,47H2,1-4H3. The van der Waals surface area contributed by atoms with Gasteiger partial charge in [0, 0.05) is 25.9 Å². The lowest BCUT2D eigenvalue weighted by molar-refractivity contribution is -0.148. The summed E-state index contributed by atoms with van der Waals surface area (Å²) in [7, 11) is -0.316. The van der Waals surface area contributed by atoms with Crippen LogP contribution in [-0.2, 0) is 13.9 Å². The molecule has 0 fully saturated rings. The Morgan fingerprint density at radius 2 is 0.787 bits per heavy atom. The number of hydrogen-bond donors (Lipinski definition) is 1. The van der Waals surface area contributed by atoms with Crippen molar-refractivity contribution in [1.82, 2.24) is 0 Å². The maximum absolute atomic E-state index is 6.31. The summed E-state index contributed by atoms with van der Waals surface area (Å²) in [5.41, 5.74) is 6.31. The van der Waals surface area contributed by atoms with Gasteiger partial charge in [0.25, 0.3) is 0 Å². The Morgan fingerprint density at radius 3 is 1.19 bits per heavy atom. The number of unbranched alkanes of at least 4 members (excludes halogenated alkanes) is 25. The molecule has 0 saturated heterocycles. The summed E-state index contributed by atoms with van der Waals surface area (Å²) in [4.78, 5) is 0. The summed E-state index contributed by atoms with van der Waals surface area (Å²) < 4.78 is 18.5. The first-order valence-corrected chi connectivity index (χ1v) is 23.2. The number of nitrogens with two attached hydrogens (primary N) is 1. The highest BCUT2D eigenvalue weighted by Crippen LogP contribution is 2.16. The molecule has 284 valence electrons. The van der Waals surface area contributed by atoms with Gasteiger partial charge in [0.2, 0.25) is 0 Å². The van der Waals surface area contributed by atoms with E-state index in [-0.39, 0.29) is 16.1 Å². The molecule has 0 aliphatic heterocycles. The summed E-state index contributed by atoms with van der Waals surface area (Å²) in [6.07, 6.45) is 41.3. The van der Waals surface area contributed by atoms with Crippen LogP contribution >= 0.6 is 0 Å². The van der Waals surface area contributed by atoms with Crippen LogP contribution in [0.5, 0.6) is 0 Å². The van der Waals surface area contributed by atoms with E-state index in [1.165, 1.54) is 186 Å². The van der Waals surface area contributed by atoms with Gasteiger partial charge in [-0.2, -0.15) is 0 Å². The van der Waals surface area contributed by atoms with Gasteiger partial charge in [-0.25, -0.2) is 0 Å². The topological polar surface area (TPSA) is 53.7 Å². The van der Waals surface area contributed by atoms with Crippen LogP contribution in [0.4, 0.5) is 0 Å². The lowest BCUT2D eigenvalue weighted by Crippen LogP contribution is -2.22. The van der Waals surface area contributed by atoms with Gasteiger partial charge in [0.05, 0.1) is 0 Å². The molecule has 1 unspecified atom stereocenters. The fraction of sp³-hybridized carbons (Fsp3) is 1.00. The quantitative estimate of drug-likeness (QED) is 0.0396. The molecule has 0 spiro atoms. The van der Waals surface area contributed by atoms with E-state index in [2.05, 4.69) is 27.7 Å². The Kier molecular flexibility index (Phi) is 40.5. The van der Waals surface area contributed by atoms with Crippen molar-refractivity contribution in [3.8, 4) is 0 Å². The molecular formula is C42H89NO3Si. The Bertz CT molecular complexity index is 538. The Balaban J connectivity index is 3.93. The first-order valence-electron chi connectivity index (χ1n) is 21.7. The van der Waals surface area contributed by atoms with Crippen molar-refractivity contribution in [3.05, 3.63) is 0 Å². The highest BCUT2D eigenvalue weighted by molar-refractivity contribution is 6.27. The Morgan fingerprint density at radius 1 is 0.426 bits per heavy atom. The van der Waals surface area contributed by atoms with Crippen LogP contribution in [0.2, 0.25) is 6.04 Å². The molecule has 5 heteroatoms. The lowest BCUT2D eigenvalue weighted by Gasteiger charge is -2.19. The second-order valence-electron chi connectivity index (χ2n) is 15.3. The van der Waals surface area contributed by atoms with Gasteiger partial charge < -0.3 is 19.6 Å².